The minimum absolute atomic E-state index is 0.0448. The Morgan fingerprint density at radius 2 is 1.52 bits per heavy atom. The molecule has 4 aromatic rings. The van der Waals surface area contributed by atoms with Gasteiger partial charge in [-0.15, -0.1) is 0 Å². The molecule has 0 amide bonds. The minimum atomic E-state index is -0.353. The van der Waals surface area contributed by atoms with Gasteiger partial charge >= 0.3 is 0 Å². The van der Waals surface area contributed by atoms with Crippen LogP contribution in [0.25, 0.3) is 32.7 Å². The maximum atomic E-state index is 8.73. The van der Waals surface area contributed by atoms with Gasteiger partial charge in [0.25, 0.3) is 0 Å². The fourth-order valence-corrected chi connectivity index (χ4v) is 2.94. The minimum Gasteiger partial charge on any atom is -0.0622 e. The first kappa shape index (κ1) is 7.24. The fourth-order valence-electron chi connectivity index (χ4n) is 2.32. The van der Waals surface area contributed by atoms with E-state index in [4.69, 9.17) is 9.60 Å². The molecule has 1 heteroatoms. The summed E-state index contributed by atoms with van der Waals surface area (Å²) >= 11 is 3.43. The topological polar surface area (TPSA) is 0 Å². The smallest absolute Gasteiger partial charge is 0.0622 e. The van der Waals surface area contributed by atoms with Gasteiger partial charge in [-0.05, 0) is 60.7 Å². The van der Waals surface area contributed by atoms with Crippen LogP contribution in [0.4, 0.5) is 0 Å². The lowest BCUT2D eigenvalue weighted by molar-refractivity contribution is 1.64. The summed E-state index contributed by atoms with van der Waals surface area (Å²) in [4.78, 5) is 0. The van der Waals surface area contributed by atoms with Crippen LogP contribution in [-0.4, -0.2) is 0 Å². The lowest BCUT2D eigenvalue weighted by Crippen LogP contribution is -1.82. The average Bonchev–Trinajstić information content (AvgIpc) is 2.69. The zero-order chi connectivity index (χ0) is 20.3. The highest BCUT2D eigenvalue weighted by Gasteiger charge is 2.06. The van der Waals surface area contributed by atoms with Gasteiger partial charge in [0, 0.05) is 4.47 Å². The van der Waals surface area contributed by atoms with E-state index >= 15 is 0 Å². The maximum absolute atomic E-state index is 8.73. The first-order valence-corrected chi connectivity index (χ1v) is 7.22. The summed E-state index contributed by atoms with van der Waals surface area (Å²) in [5.74, 6) is 0. The van der Waals surface area contributed by atoms with Gasteiger partial charge in [0.1, 0.15) is 0 Å². The molecule has 21 heavy (non-hydrogen) atoms. The van der Waals surface area contributed by atoms with Crippen molar-refractivity contribution in [2.24, 2.45) is 0 Å². The third-order valence-electron chi connectivity index (χ3n) is 3.35. The third kappa shape index (κ3) is 2.14. The molecule has 0 bridgehead atoms. The van der Waals surface area contributed by atoms with Crippen LogP contribution in [0.3, 0.4) is 0 Å². The van der Waals surface area contributed by atoms with Crippen molar-refractivity contribution in [2.45, 2.75) is 0 Å². The van der Waals surface area contributed by atoms with Gasteiger partial charge < -0.3 is 0 Å². The van der Waals surface area contributed by atoms with Gasteiger partial charge in [0.05, 0.1) is 9.60 Å². The highest BCUT2D eigenvalue weighted by Crippen LogP contribution is 2.35. The molecule has 100 valence electrons. The van der Waals surface area contributed by atoms with Gasteiger partial charge in [-0.2, -0.15) is 0 Å². The highest BCUT2D eigenvalue weighted by atomic mass is 79.9. The number of hydrogen-bond donors (Lipinski definition) is 0. The second-order valence-electron chi connectivity index (χ2n) is 4.65. The van der Waals surface area contributed by atoms with Crippen LogP contribution in [0.2, 0.25) is 0 Å². The van der Waals surface area contributed by atoms with Gasteiger partial charge in [-0.3, -0.25) is 0 Å². The first-order valence-electron chi connectivity index (χ1n) is 9.93. The van der Waals surface area contributed by atoms with Crippen molar-refractivity contribution in [1.82, 2.24) is 0 Å². The lowest BCUT2D eigenvalue weighted by atomic mass is 9.98. The van der Waals surface area contributed by atoms with Crippen molar-refractivity contribution < 1.29 is 9.60 Å². The predicted octanol–water partition coefficient (Wildman–Crippen LogP) is 6.42. The predicted molar refractivity (Wildman–Crippen MR) is 94.6 cm³/mol. The molecule has 0 saturated carbocycles. The van der Waals surface area contributed by atoms with Gasteiger partial charge in [-0.1, -0.05) is 66.6 Å². The Kier molecular flexibility index (Phi) is 1.73. The SMILES string of the molecule is [2H]c1c([2H])c([2H])c2c(Br)c3c([2H])c(-c4ccccc4)c([2H])c([2H])c3cc2c1[2H]. The Bertz CT molecular complexity index is 1280. The van der Waals surface area contributed by atoms with E-state index in [0.29, 0.717) is 26.4 Å². The zero-order valence-electron chi connectivity index (χ0n) is 17.8. The van der Waals surface area contributed by atoms with Crippen LogP contribution in [0.15, 0.2) is 83.2 Å². The van der Waals surface area contributed by atoms with E-state index in [-0.39, 0.29) is 53.1 Å². The molecule has 0 N–H and O–H groups in total. The number of halogens is 1. The van der Waals surface area contributed by atoms with E-state index in [1.165, 1.54) is 6.07 Å². The van der Waals surface area contributed by atoms with E-state index in [9.17, 15) is 0 Å². The van der Waals surface area contributed by atoms with E-state index < -0.39 is 0 Å². The van der Waals surface area contributed by atoms with Crippen molar-refractivity contribution in [2.75, 3.05) is 0 Å². The molecule has 0 aliphatic rings. The Balaban J connectivity index is 2.27. The van der Waals surface area contributed by atoms with Crippen molar-refractivity contribution in [3.8, 4) is 11.1 Å². The molecule has 0 aliphatic heterocycles. The largest absolute Gasteiger partial charge is 0.0636 e. The summed E-state index contributed by atoms with van der Waals surface area (Å²) in [6.07, 6.45) is 0. The molecule has 0 fully saturated rings. The van der Waals surface area contributed by atoms with E-state index in [1.54, 1.807) is 24.3 Å². The molecule has 0 spiro atoms. The lowest BCUT2D eigenvalue weighted by Gasteiger charge is -2.09. The molecule has 0 atom stereocenters. The number of rotatable bonds is 1. The van der Waals surface area contributed by atoms with Crippen LogP contribution in [0.1, 0.15) is 9.60 Å². The first-order chi connectivity index (χ1) is 13.3. The Labute approximate surface area is 142 Å². The summed E-state index contributed by atoms with van der Waals surface area (Å²) in [7, 11) is 0. The molecule has 0 aromatic heterocycles. The van der Waals surface area contributed by atoms with Crippen molar-refractivity contribution >= 4 is 37.5 Å². The maximum Gasteiger partial charge on any atom is 0.0636 e. The number of hydrogen-bond acceptors (Lipinski definition) is 0. The standard InChI is InChI=1S/C20H13Br/c21-20-18-9-5-4-8-16(18)12-17-11-10-15(13-19(17)20)14-6-2-1-3-7-14/h1-13H/i4D,5D,8D,9D,10D,11D,13D. The Morgan fingerprint density at radius 3 is 2.38 bits per heavy atom. The Hall–Kier alpha value is -2.12. The Morgan fingerprint density at radius 1 is 0.762 bits per heavy atom. The summed E-state index contributed by atoms with van der Waals surface area (Å²) in [5, 5.41) is 1.18. The number of benzene rings is 4. The molecule has 0 saturated heterocycles. The summed E-state index contributed by atoms with van der Waals surface area (Å²) in [6.45, 7) is 0. The van der Waals surface area contributed by atoms with Gasteiger partial charge in [-0.25, -0.2) is 0 Å². The molecule has 0 radical (unpaired) electrons. The van der Waals surface area contributed by atoms with Crippen LogP contribution in [0, 0.1) is 0 Å². The summed E-state index contributed by atoms with van der Waals surface area (Å²) < 4.78 is 58.3. The van der Waals surface area contributed by atoms with Crippen molar-refractivity contribution in [1.29, 1.82) is 0 Å². The van der Waals surface area contributed by atoms with Gasteiger partial charge in [0.2, 0.25) is 0 Å². The molecular formula is C20H13Br. The quantitative estimate of drug-likeness (QED) is 0.351. The van der Waals surface area contributed by atoms with Crippen molar-refractivity contribution in [3.05, 3.63) is 83.2 Å². The molecule has 4 aromatic carbocycles. The van der Waals surface area contributed by atoms with E-state index in [2.05, 4.69) is 15.9 Å². The zero-order valence-corrected chi connectivity index (χ0v) is 12.4. The van der Waals surface area contributed by atoms with Crippen molar-refractivity contribution in [3.63, 3.8) is 0 Å². The monoisotopic (exact) mass is 339 g/mol. The van der Waals surface area contributed by atoms with Crippen LogP contribution >= 0.6 is 15.9 Å². The fraction of sp³-hybridized carbons (Fsp3) is 0. The van der Waals surface area contributed by atoms with E-state index in [0.717, 1.165) is 0 Å². The van der Waals surface area contributed by atoms with Crippen LogP contribution in [-0.2, 0) is 0 Å². The number of fused-ring (bicyclic) bond motifs is 2. The highest BCUT2D eigenvalue weighted by molar-refractivity contribution is 9.10. The molecular weight excluding hydrogens is 320 g/mol. The second-order valence-corrected chi connectivity index (χ2v) is 5.44. The molecule has 0 aliphatic carbocycles. The van der Waals surface area contributed by atoms with Crippen LogP contribution in [0.5, 0.6) is 0 Å². The van der Waals surface area contributed by atoms with E-state index in [1.807, 2.05) is 6.07 Å². The molecule has 0 heterocycles. The molecule has 0 unspecified atom stereocenters. The second kappa shape index (κ2) is 5.01. The molecule has 0 nitrogen and oxygen atoms in total. The summed E-state index contributed by atoms with van der Waals surface area (Å²) in [6, 6.07) is 9.23. The van der Waals surface area contributed by atoms with Gasteiger partial charge in [0.15, 0.2) is 0 Å². The summed E-state index contributed by atoms with van der Waals surface area (Å²) in [5.41, 5.74) is 0.967. The third-order valence-corrected chi connectivity index (χ3v) is 4.14. The van der Waals surface area contributed by atoms with Crippen LogP contribution < -0.4 is 0 Å². The molecule has 4 rings (SSSR count). The normalized spacial score (nSPS) is 15.8. The average molecular weight is 340 g/mol.